The lowest BCUT2D eigenvalue weighted by Crippen LogP contribution is -2.56. The predicted octanol–water partition coefficient (Wildman–Crippen LogP) is 2.39. The molecule has 0 radical (unpaired) electrons. The number of ether oxygens (including phenoxy) is 1. The highest BCUT2D eigenvalue weighted by Gasteiger charge is 2.43. The van der Waals surface area contributed by atoms with E-state index in [1.807, 2.05) is 6.92 Å². The second-order valence-electron chi connectivity index (χ2n) is 10.5. The number of carbonyl (C=O) groups is 4. The minimum atomic E-state index is -4.83. The Hall–Kier alpha value is -3.32. The van der Waals surface area contributed by atoms with Crippen LogP contribution in [0.15, 0.2) is 10.6 Å². The molecule has 2 aliphatic rings. The molecule has 0 aromatic carbocycles. The summed E-state index contributed by atoms with van der Waals surface area (Å²) in [5, 5.41) is 9.07. The topological polar surface area (TPSA) is 143 Å². The van der Waals surface area contributed by atoms with Crippen LogP contribution in [0.1, 0.15) is 69.6 Å². The summed E-state index contributed by atoms with van der Waals surface area (Å²) in [6.07, 6.45) is -3.55. The van der Waals surface area contributed by atoms with E-state index in [1.165, 1.54) is 0 Å². The number of nitrogens with one attached hydrogen (secondary N) is 3. The van der Waals surface area contributed by atoms with Crippen LogP contribution in [0.25, 0.3) is 0 Å². The molecule has 11 nitrogen and oxygen atoms in total. The number of aromatic nitrogens is 1. The van der Waals surface area contributed by atoms with Gasteiger partial charge in [-0.05, 0) is 51.9 Å². The number of rotatable bonds is 7. The van der Waals surface area contributed by atoms with Gasteiger partial charge in [0, 0.05) is 12.6 Å². The van der Waals surface area contributed by atoms with Gasteiger partial charge in [0.25, 0.3) is 11.8 Å². The highest BCUT2D eigenvalue weighted by molar-refractivity contribution is 5.96. The fraction of sp³-hybridized carbons (Fsp3) is 0.682. The molecule has 0 unspecified atom stereocenters. The van der Waals surface area contributed by atoms with Crippen LogP contribution in [0.4, 0.5) is 18.0 Å². The van der Waals surface area contributed by atoms with Crippen LogP contribution in [0.2, 0.25) is 0 Å². The fourth-order valence-corrected chi connectivity index (χ4v) is 3.60. The van der Waals surface area contributed by atoms with Crippen LogP contribution in [0, 0.1) is 11.3 Å². The molecule has 1 aliphatic carbocycles. The van der Waals surface area contributed by atoms with E-state index in [0.29, 0.717) is 19.0 Å². The first-order valence-corrected chi connectivity index (χ1v) is 11.5. The summed E-state index contributed by atoms with van der Waals surface area (Å²) in [4.78, 5) is 50.7. The number of amides is 4. The Morgan fingerprint density at radius 1 is 1.31 bits per heavy atom. The number of halogens is 3. The molecule has 1 saturated heterocycles. The second-order valence-corrected chi connectivity index (χ2v) is 10.5. The predicted molar refractivity (Wildman–Crippen MR) is 117 cm³/mol. The maximum absolute atomic E-state index is 13.2. The second kappa shape index (κ2) is 9.97. The molecule has 3 N–H and O–H groups in total. The standard InChI is InChI=1S/C22H30F3N5O6/c1-20(2,3)35-19(34)30(11-12-5-8-26-16(12)31)28-18(33)14(10-21(4)6-7-21)27-17(32)13-9-15(36-29-13)22(23,24)25/h9,12,14H,5-8,10-11H2,1-4H3,(H,26,31)(H,27,32)(H,28,33)/t12-,14-/m0/s1. The fourth-order valence-electron chi connectivity index (χ4n) is 3.60. The zero-order chi connectivity index (χ0) is 26.9. The molecule has 1 aromatic rings. The number of carbonyl (C=O) groups excluding carboxylic acids is 4. The van der Waals surface area contributed by atoms with Crippen molar-refractivity contribution >= 4 is 23.8 Å². The van der Waals surface area contributed by atoms with E-state index in [9.17, 15) is 32.3 Å². The van der Waals surface area contributed by atoms with Gasteiger partial charge in [0.05, 0.1) is 12.5 Å². The summed E-state index contributed by atoms with van der Waals surface area (Å²) < 4.78 is 48.0. The van der Waals surface area contributed by atoms with Crippen molar-refractivity contribution in [3.8, 4) is 0 Å². The van der Waals surface area contributed by atoms with Crippen molar-refractivity contribution in [3.63, 3.8) is 0 Å². The van der Waals surface area contributed by atoms with Gasteiger partial charge in [-0.15, -0.1) is 0 Å². The van der Waals surface area contributed by atoms with E-state index in [4.69, 9.17) is 4.74 Å². The SMILES string of the molecule is CC1(C[C@H](NC(=O)c2cc(C(F)(F)F)on2)C(=O)NN(C[C@@H]2CCNC2=O)C(=O)OC(C)(C)C)CC1. The molecule has 0 bridgehead atoms. The smallest absolute Gasteiger partial charge is 0.442 e. The molecule has 2 fully saturated rings. The molecule has 0 spiro atoms. The average molecular weight is 518 g/mol. The van der Waals surface area contributed by atoms with Gasteiger partial charge in [-0.1, -0.05) is 12.1 Å². The van der Waals surface area contributed by atoms with E-state index in [1.54, 1.807) is 20.8 Å². The van der Waals surface area contributed by atoms with Crippen molar-refractivity contribution in [2.45, 2.75) is 71.2 Å². The summed E-state index contributed by atoms with van der Waals surface area (Å²) in [6, 6.07) is -0.771. The van der Waals surface area contributed by atoms with Crippen molar-refractivity contribution in [1.82, 2.24) is 26.2 Å². The van der Waals surface area contributed by atoms with Crippen molar-refractivity contribution < 1.29 is 41.6 Å². The van der Waals surface area contributed by atoms with E-state index < -0.39 is 53.1 Å². The largest absolute Gasteiger partial charge is 0.452 e. The summed E-state index contributed by atoms with van der Waals surface area (Å²) in [7, 11) is 0. The number of nitrogens with zero attached hydrogens (tertiary/aromatic N) is 2. The van der Waals surface area contributed by atoms with Gasteiger partial charge in [0.1, 0.15) is 11.6 Å². The Labute approximate surface area is 205 Å². The van der Waals surface area contributed by atoms with Crippen molar-refractivity contribution in [3.05, 3.63) is 17.5 Å². The quantitative estimate of drug-likeness (QED) is 0.471. The molecule has 2 atom stereocenters. The van der Waals surface area contributed by atoms with Crippen LogP contribution >= 0.6 is 0 Å². The first-order valence-electron chi connectivity index (χ1n) is 11.5. The maximum Gasteiger partial charge on any atom is 0.452 e. The molecular formula is C22H30F3N5O6. The molecule has 1 saturated carbocycles. The average Bonchev–Trinajstić information content (AvgIpc) is 3.13. The molecular weight excluding hydrogens is 487 g/mol. The lowest BCUT2D eigenvalue weighted by molar-refractivity contribution is -0.155. The zero-order valence-electron chi connectivity index (χ0n) is 20.5. The third-order valence-corrected chi connectivity index (χ3v) is 5.87. The molecule has 4 amide bonds. The zero-order valence-corrected chi connectivity index (χ0v) is 20.5. The highest BCUT2D eigenvalue weighted by Crippen LogP contribution is 2.49. The molecule has 200 valence electrons. The lowest BCUT2D eigenvalue weighted by Gasteiger charge is -2.30. The van der Waals surface area contributed by atoms with Gasteiger partial charge < -0.3 is 19.9 Å². The van der Waals surface area contributed by atoms with Gasteiger partial charge in [-0.3, -0.25) is 19.8 Å². The molecule has 14 heteroatoms. The minimum absolute atomic E-state index is 0.164. The minimum Gasteiger partial charge on any atom is -0.442 e. The Balaban J connectivity index is 1.76. The third kappa shape index (κ3) is 7.34. The van der Waals surface area contributed by atoms with Gasteiger partial charge in [-0.2, -0.15) is 13.2 Å². The summed E-state index contributed by atoms with van der Waals surface area (Å²) in [6.45, 7) is 7.06. The van der Waals surface area contributed by atoms with Crippen LogP contribution in [-0.2, 0) is 20.5 Å². The van der Waals surface area contributed by atoms with Gasteiger partial charge in [0.15, 0.2) is 5.69 Å². The number of alkyl halides is 3. The summed E-state index contributed by atoms with van der Waals surface area (Å²) in [5.41, 5.74) is 0.621. The van der Waals surface area contributed by atoms with Crippen molar-refractivity contribution in [1.29, 1.82) is 0 Å². The lowest BCUT2D eigenvalue weighted by atomic mass is 9.98. The Kier molecular flexibility index (Phi) is 7.55. The molecule has 36 heavy (non-hydrogen) atoms. The van der Waals surface area contributed by atoms with Gasteiger partial charge >= 0.3 is 12.3 Å². The summed E-state index contributed by atoms with van der Waals surface area (Å²) >= 11 is 0. The van der Waals surface area contributed by atoms with Crippen LogP contribution in [0.5, 0.6) is 0 Å². The van der Waals surface area contributed by atoms with Gasteiger partial charge in [-0.25, -0.2) is 9.80 Å². The monoisotopic (exact) mass is 517 g/mol. The first-order chi connectivity index (χ1) is 16.6. The molecule has 3 rings (SSSR count). The molecule has 1 aromatic heterocycles. The van der Waals surface area contributed by atoms with E-state index in [0.717, 1.165) is 17.9 Å². The number of hydrogen-bond acceptors (Lipinski definition) is 7. The van der Waals surface area contributed by atoms with E-state index in [2.05, 4.69) is 25.7 Å². The Bertz CT molecular complexity index is 1010. The van der Waals surface area contributed by atoms with Crippen molar-refractivity contribution in [2.75, 3.05) is 13.1 Å². The van der Waals surface area contributed by atoms with Crippen LogP contribution in [0.3, 0.4) is 0 Å². The normalized spacial score (nSPS) is 19.8. The third-order valence-electron chi connectivity index (χ3n) is 5.87. The number of hydrogen-bond donors (Lipinski definition) is 3. The van der Waals surface area contributed by atoms with E-state index >= 15 is 0 Å². The highest BCUT2D eigenvalue weighted by atomic mass is 19.4. The maximum atomic E-state index is 13.2. The van der Waals surface area contributed by atoms with Crippen molar-refractivity contribution in [2.24, 2.45) is 11.3 Å². The van der Waals surface area contributed by atoms with Crippen LogP contribution < -0.4 is 16.1 Å². The van der Waals surface area contributed by atoms with E-state index in [-0.39, 0.29) is 24.3 Å². The molecule has 1 aliphatic heterocycles. The molecule has 2 heterocycles. The first kappa shape index (κ1) is 27.3. The Morgan fingerprint density at radius 3 is 2.47 bits per heavy atom. The Morgan fingerprint density at radius 2 is 1.97 bits per heavy atom. The summed E-state index contributed by atoms with van der Waals surface area (Å²) in [5.74, 6) is -4.14. The van der Waals surface area contributed by atoms with Gasteiger partial charge in [0.2, 0.25) is 11.7 Å². The van der Waals surface area contributed by atoms with Crippen LogP contribution in [-0.4, -0.2) is 58.7 Å². The number of hydrazine groups is 1.